The van der Waals surface area contributed by atoms with Crippen LogP contribution in [0.2, 0.25) is 0 Å². The van der Waals surface area contributed by atoms with Crippen LogP contribution in [-0.2, 0) is 28.9 Å². The maximum absolute atomic E-state index is 13.3. The summed E-state index contributed by atoms with van der Waals surface area (Å²) in [5.74, 6) is 1.31. The lowest BCUT2D eigenvalue weighted by atomic mass is 9.79. The summed E-state index contributed by atoms with van der Waals surface area (Å²) in [6.07, 6.45) is 0.930. The molecule has 1 unspecified atom stereocenters. The van der Waals surface area contributed by atoms with Crippen LogP contribution in [0.1, 0.15) is 67.4 Å². The number of methoxy groups -OCH3 is 2. The largest absolute Gasteiger partial charge is 0.497 e. The van der Waals surface area contributed by atoms with Gasteiger partial charge in [0.15, 0.2) is 23.2 Å². The number of imidazole rings is 1. The Morgan fingerprint density at radius 3 is 2.09 bits per heavy atom. The first kappa shape index (κ1) is 44.8. The van der Waals surface area contributed by atoms with Crippen LogP contribution < -0.4 is 14.8 Å². The minimum absolute atomic E-state index is 0.0116. The van der Waals surface area contributed by atoms with Crippen LogP contribution in [0.25, 0.3) is 11.2 Å². The Labute approximate surface area is 374 Å². The average molecular weight is 886 g/mol. The second-order valence-corrected chi connectivity index (χ2v) is 17.5. The van der Waals surface area contributed by atoms with E-state index in [0.29, 0.717) is 28.2 Å². The zero-order valence-electron chi connectivity index (χ0n) is 36.7. The number of hydrogen-bond acceptors (Lipinski definition) is 13. The van der Waals surface area contributed by atoms with Crippen molar-refractivity contribution in [3.8, 4) is 17.6 Å². The number of anilines is 1. The number of hydrogen-bond donors (Lipinski definition) is 1. The van der Waals surface area contributed by atoms with Gasteiger partial charge in [-0.1, -0.05) is 72.8 Å². The van der Waals surface area contributed by atoms with Gasteiger partial charge in [0.1, 0.15) is 41.2 Å². The first-order valence-electron chi connectivity index (χ1n) is 21.2. The quantitative estimate of drug-likeness (QED) is 0.0469. The number of carbonyl (C=O) groups is 1. The fourth-order valence-corrected chi connectivity index (χ4v) is 10.3. The van der Waals surface area contributed by atoms with E-state index < -0.39 is 38.2 Å². The molecule has 5 atom stereocenters. The Morgan fingerprint density at radius 2 is 1.50 bits per heavy atom. The van der Waals surface area contributed by atoms with Crippen LogP contribution in [0, 0.1) is 11.3 Å². The predicted octanol–water partition coefficient (Wildman–Crippen LogP) is 8.43. The molecule has 4 heterocycles. The zero-order valence-corrected chi connectivity index (χ0v) is 37.6. The molecule has 2 saturated heterocycles. The number of fused-ring (bicyclic) bond motifs is 3. The van der Waals surface area contributed by atoms with Gasteiger partial charge in [0.25, 0.3) is 14.4 Å². The average Bonchev–Trinajstić information content (AvgIpc) is 4.00. The van der Waals surface area contributed by atoms with E-state index in [4.69, 9.17) is 37.7 Å². The van der Waals surface area contributed by atoms with Crippen molar-refractivity contribution < 1.29 is 37.5 Å². The molecule has 0 saturated carbocycles. The Hall–Kier alpha value is -5.82. The van der Waals surface area contributed by atoms with E-state index in [2.05, 4.69) is 53.7 Å². The summed E-state index contributed by atoms with van der Waals surface area (Å²) in [6.45, 7) is 8.65. The van der Waals surface area contributed by atoms with Crippen LogP contribution in [0.15, 0.2) is 122 Å². The molecular weight excluding hydrogens is 834 g/mol. The first-order valence-corrected chi connectivity index (χ1v) is 22.3. The molecule has 1 N–H and O–H groups in total. The normalized spacial score (nSPS) is 19.9. The summed E-state index contributed by atoms with van der Waals surface area (Å²) in [4.78, 5) is 27.0. The smallest absolute Gasteiger partial charge is 0.259 e. The van der Waals surface area contributed by atoms with Gasteiger partial charge in [0, 0.05) is 17.6 Å². The summed E-state index contributed by atoms with van der Waals surface area (Å²) in [6, 6.07) is 36.9. The van der Waals surface area contributed by atoms with E-state index in [1.165, 1.54) is 6.33 Å². The van der Waals surface area contributed by atoms with Crippen LogP contribution >= 0.6 is 8.53 Å². The molecule has 2 aliphatic heterocycles. The first-order chi connectivity index (χ1) is 31.1. The molecule has 15 nitrogen and oxygen atoms in total. The fourth-order valence-electron chi connectivity index (χ4n) is 8.47. The van der Waals surface area contributed by atoms with E-state index in [1.807, 2.05) is 84.9 Å². The zero-order chi connectivity index (χ0) is 44.8. The highest BCUT2D eigenvalue weighted by Gasteiger charge is 2.65. The standard InChI is InChI=1S/C48H52N7O8P/c1-32(2)55(33(3)4)64(61-27-13-26-49)63-42-41-46(54-31-52-40-43(50-30-51-44(40)54)53-45(56)34-14-9-7-10-15-34)62-47(42,28-59-41)29-60-48(35-16-11-8-12-17-35,36-18-22-38(57-5)23-19-36)37-20-24-39(58-6)25-21-37/h7-12,14-25,30-33,41-42,46H,13,27-29H2,1-6H3,(H,50,51,53,56)/t41-,42+,46+,47+,64?/m0/s1. The monoisotopic (exact) mass is 885 g/mol. The van der Waals surface area contributed by atoms with Crippen molar-refractivity contribution in [1.82, 2.24) is 24.2 Å². The van der Waals surface area contributed by atoms with Gasteiger partial charge < -0.3 is 38.0 Å². The molecule has 8 rings (SSSR count). The molecule has 332 valence electrons. The summed E-state index contributed by atoms with van der Waals surface area (Å²) >= 11 is 0. The van der Waals surface area contributed by atoms with Crippen molar-refractivity contribution in [2.75, 3.05) is 39.4 Å². The van der Waals surface area contributed by atoms with Gasteiger partial charge in [-0.25, -0.2) is 19.6 Å². The highest BCUT2D eigenvalue weighted by Crippen LogP contribution is 2.56. The minimum Gasteiger partial charge on any atom is -0.497 e. The maximum atomic E-state index is 13.3. The van der Waals surface area contributed by atoms with E-state index in [9.17, 15) is 10.1 Å². The van der Waals surface area contributed by atoms with Gasteiger partial charge in [0.05, 0.1) is 52.9 Å². The molecule has 2 bridgehead atoms. The van der Waals surface area contributed by atoms with Crippen LogP contribution in [-0.4, -0.2) is 94.0 Å². The summed E-state index contributed by atoms with van der Waals surface area (Å²) < 4.78 is 50.3. The number of amides is 1. The lowest BCUT2D eigenvalue weighted by Gasteiger charge is -2.41. The molecule has 6 aromatic rings. The summed E-state index contributed by atoms with van der Waals surface area (Å²) in [7, 11) is 1.52. The Morgan fingerprint density at radius 1 is 0.891 bits per heavy atom. The van der Waals surface area contributed by atoms with Crippen molar-refractivity contribution >= 4 is 31.4 Å². The molecule has 1 amide bonds. The molecule has 0 aliphatic carbocycles. The Bertz CT molecular complexity index is 2480. The van der Waals surface area contributed by atoms with E-state index >= 15 is 0 Å². The molecule has 64 heavy (non-hydrogen) atoms. The Kier molecular flexibility index (Phi) is 13.6. The van der Waals surface area contributed by atoms with Crippen molar-refractivity contribution in [2.24, 2.45) is 0 Å². The Balaban J connectivity index is 1.23. The highest BCUT2D eigenvalue weighted by molar-refractivity contribution is 7.44. The second kappa shape index (κ2) is 19.5. The molecule has 4 aromatic carbocycles. The third-order valence-electron chi connectivity index (χ3n) is 11.4. The number of rotatable bonds is 19. The number of nitrogens with one attached hydrogen (secondary N) is 1. The number of ether oxygens (including phenoxy) is 5. The van der Waals surface area contributed by atoms with Gasteiger partial charge in [-0.2, -0.15) is 5.26 Å². The second-order valence-electron chi connectivity index (χ2n) is 16.1. The molecule has 0 radical (unpaired) electrons. The number of nitriles is 1. The number of benzene rings is 4. The fraction of sp³-hybridized carbons (Fsp3) is 0.354. The van der Waals surface area contributed by atoms with Crippen LogP contribution in [0.5, 0.6) is 11.5 Å². The molecule has 2 aromatic heterocycles. The van der Waals surface area contributed by atoms with Crippen molar-refractivity contribution in [3.63, 3.8) is 0 Å². The van der Waals surface area contributed by atoms with Gasteiger partial charge in [0.2, 0.25) is 0 Å². The molecule has 16 heteroatoms. The number of carbonyl (C=O) groups excluding carboxylic acids is 1. The number of aromatic nitrogens is 4. The van der Waals surface area contributed by atoms with E-state index in [0.717, 1.165) is 16.7 Å². The van der Waals surface area contributed by atoms with Crippen LogP contribution in [0.3, 0.4) is 0 Å². The lowest BCUT2D eigenvalue weighted by Crippen LogP contribution is -2.49. The summed E-state index contributed by atoms with van der Waals surface area (Å²) in [5.41, 5.74) is 1.42. The number of nitrogens with zero attached hydrogens (tertiary/aromatic N) is 6. The van der Waals surface area contributed by atoms with Gasteiger partial charge >= 0.3 is 0 Å². The SMILES string of the molecule is COc1ccc(C(OC[C@@]23CO[C@H]([C@H](n4cnc5c(NC(=O)c6ccccc6)ncnc54)O2)[C@H]3OP(OCCC#N)N(C(C)C)C(C)C)(c2ccccc2)c2ccc(OC)cc2)cc1. The van der Waals surface area contributed by atoms with E-state index in [1.54, 1.807) is 49.4 Å². The third kappa shape index (κ3) is 8.71. The van der Waals surface area contributed by atoms with E-state index in [-0.39, 0.29) is 50.1 Å². The highest BCUT2D eigenvalue weighted by atomic mass is 31.2. The molecular formula is C48H52N7O8P. The van der Waals surface area contributed by atoms with Gasteiger partial charge in [-0.3, -0.25) is 9.36 Å². The molecule has 2 fully saturated rings. The third-order valence-corrected chi connectivity index (χ3v) is 13.6. The van der Waals surface area contributed by atoms with Crippen LogP contribution in [0.4, 0.5) is 5.82 Å². The summed E-state index contributed by atoms with van der Waals surface area (Å²) in [5, 5.41) is 12.4. The van der Waals surface area contributed by atoms with Crippen molar-refractivity contribution in [3.05, 3.63) is 144 Å². The maximum Gasteiger partial charge on any atom is 0.259 e. The molecule has 0 spiro atoms. The van der Waals surface area contributed by atoms with Gasteiger partial charge in [-0.15, -0.1) is 0 Å². The van der Waals surface area contributed by atoms with Crippen molar-refractivity contribution in [1.29, 1.82) is 5.26 Å². The molecule has 2 aliphatic rings. The van der Waals surface area contributed by atoms with Gasteiger partial charge in [-0.05, 0) is 80.8 Å². The topological polar surface area (TPSA) is 164 Å². The predicted molar refractivity (Wildman–Crippen MR) is 241 cm³/mol. The van der Waals surface area contributed by atoms with Crippen molar-refractivity contribution in [2.45, 2.75) is 75.8 Å². The minimum atomic E-state index is -1.76. The lowest BCUT2D eigenvalue weighted by molar-refractivity contribution is -0.202.